The van der Waals surface area contributed by atoms with Gasteiger partial charge in [0.25, 0.3) is 0 Å². The van der Waals surface area contributed by atoms with E-state index in [1.54, 1.807) is 24.0 Å². The van der Waals surface area contributed by atoms with Gasteiger partial charge < -0.3 is 10.4 Å². The Bertz CT molecular complexity index is 271. The molecule has 1 aromatic rings. The van der Waals surface area contributed by atoms with Crippen LogP contribution in [0.1, 0.15) is 13.3 Å². The van der Waals surface area contributed by atoms with Gasteiger partial charge in [-0.1, -0.05) is 5.21 Å². The van der Waals surface area contributed by atoms with Gasteiger partial charge >= 0.3 is 0 Å². The van der Waals surface area contributed by atoms with Gasteiger partial charge in [0.15, 0.2) is 0 Å². The maximum atomic E-state index is 11.2. The summed E-state index contributed by atoms with van der Waals surface area (Å²) in [5, 5.41) is 18.8. The Hall–Kier alpha value is -1.43. The van der Waals surface area contributed by atoms with Crippen LogP contribution in [-0.4, -0.2) is 38.7 Å². The first kappa shape index (κ1) is 10.6. The maximum Gasteiger partial charge on any atom is 0.221 e. The molecule has 14 heavy (non-hydrogen) atoms. The molecular weight excluding hydrogens is 184 g/mol. The van der Waals surface area contributed by atoms with Crippen LogP contribution in [0.3, 0.4) is 0 Å². The summed E-state index contributed by atoms with van der Waals surface area (Å²) in [7, 11) is 0. The van der Waals surface area contributed by atoms with Crippen molar-refractivity contribution in [3.05, 3.63) is 12.4 Å². The van der Waals surface area contributed by atoms with Gasteiger partial charge in [-0.3, -0.25) is 9.48 Å². The first-order valence-electron chi connectivity index (χ1n) is 4.47. The number of nitrogens with one attached hydrogen (secondary N) is 1. The zero-order chi connectivity index (χ0) is 10.4. The number of rotatable bonds is 5. The van der Waals surface area contributed by atoms with E-state index < -0.39 is 6.10 Å². The molecule has 78 valence electrons. The van der Waals surface area contributed by atoms with Crippen molar-refractivity contribution in [3.8, 4) is 0 Å². The lowest BCUT2D eigenvalue weighted by atomic mass is 10.3. The highest BCUT2D eigenvalue weighted by molar-refractivity contribution is 5.75. The first-order chi connectivity index (χ1) is 6.68. The summed E-state index contributed by atoms with van der Waals surface area (Å²) in [6, 6.07) is 0. The highest BCUT2D eigenvalue weighted by atomic mass is 16.3. The Labute approximate surface area is 81.9 Å². The molecule has 0 aliphatic carbocycles. The summed E-state index contributed by atoms with van der Waals surface area (Å²) in [5.74, 6) is -0.0959. The molecule has 0 saturated heterocycles. The van der Waals surface area contributed by atoms with Crippen LogP contribution in [0.15, 0.2) is 12.4 Å². The van der Waals surface area contributed by atoms with E-state index in [4.69, 9.17) is 5.11 Å². The quantitative estimate of drug-likeness (QED) is 0.647. The molecule has 0 unspecified atom stereocenters. The van der Waals surface area contributed by atoms with Gasteiger partial charge in [-0.15, -0.1) is 5.10 Å². The normalized spacial score (nSPS) is 12.4. The van der Waals surface area contributed by atoms with E-state index in [0.717, 1.165) is 0 Å². The Morgan fingerprint density at radius 2 is 2.50 bits per heavy atom. The number of carbonyl (C=O) groups is 1. The fourth-order valence-electron chi connectivity index (χ4n) is 0.918. The maximum absolute atomic E-state index is 11.2. The largest absolute Gasteiger partial charge is 0.392 e. The molecule has 2 N–H and O–H groups in total. The first-order valence-corrected chi connectivity index (χ1v) is 4.47. The Morgan fingerprint density at radius 1 is 1.71 bits per heavy atom. The Balaban J connectivity index is 2.15. The molecule has 6 nitrogen and oxygen atoms in total. The number of aliphatic hydroxyl groups excluding tert-OH is 1. The minimum absolute atomic E-state index is 0.0959. The Kier molecular flexibility index (Phi) is 4.06. The molecule has 1 rings (SSSR count). The van der Waals surface area contributed by atoms with Crippen molar-refractivity contribution in [3.63, 3.8) is 0 Å². The molecular formula is C8H14N4O2. The summed E-state index contributed by atoms with van der Waals surface area (Å²) < 4.78 is 1.59. The number of aliphatic hydroxyl groups is 1. The lowest BCUT2D eigenvalue weighted by molar-refractivity contribution is -0.121. The van der Waals surface area contributed by atoms with Crippen molar-refractivity contribution in [1.82, 2.24) is 20.3 Å². The molecule has 6 heteroatoms. The van der Waals surface area contributed by atoms with E-state index >= 15 is 0 Å². The van der Waals surface area contributed by atoms with Gasteiger partial charge in [-0.05, 0) is 6.92 Å². The van der Waals surface area contributed by atoms with Crippen molar-refractivity contribution in [2.45, 2.75) is 26.0 Å². The molecule has 0 spiro atoms. The number of aromatic nitrogens is 3. The van der Waals surface area contributed by atoms with Crippen LogP contribution in [0.4, 0.5) is 0 Å². The highest BCUT2D eigenvalue weighted by Crippen LogP contribution is 1.87. The second-order valence-electron chi connectivity index (χ2n) is 3.07. The van der Waals surface area contributed by atoms with Crippen molar-refractivity contribution in [1.29, 1.82) is 0 Å². The third-order valence-corrected chi connectivity index (χ3v) is 1.63. The van der Waals surface area contributed by atoms with Gasteiger partial charge in [-0.2, -0.15) is 0 Å². The van der Waals surface area contributed by atoms with Crippen LogP contribution < -0.4 is 5.32 Å². The van der Waals surface area contributed by atoms with Crippen LogP contribution in [0, 0.1) is 0 Å². The van der Waals surface area contributed by atoms with Gasteiger partial charge in [0.05, 0.1) is 18.8 Å². The number of hydrogen-bond acceptors (Lipinski definition) is 4. The zero-order valence-electron chi connectivity index (χ0n) is 8.05. The SMILES string of the molecule is C[C@@H](O)CNC(=O)CCn1ccnn1. The molecule has 1 atom stereocenters. The zero-order valence-corrected chi connectivity index (χ0v) is 8.05. The smallest absolute Gasteiger partial charge is 0.221 e. The van der Waals surface area contributed by atoms with E-state index in [1.807, 2.05) is 0 Å². The van der Waals surface area contributed by atoms with E-state index in [1.165, 1.54) is 0 Å². The number of nitrogens with zero attached hydrogens (tertiary/aromatic N) is 3. The molecule has 1 heterocycles. The number of carbonyl (C=O) groups excluding carboxylic acids is 1. The standard InChI is InChI=1S/C8H14N4O2/c1-7(13)6-9-8(14)2-4-12-5-3-10-11-12/h3,5,7,13H,2,4,6H2,1H3,(H,9,14)/t7-/m1/s1. The van der Waals surface area contributed by atoms with Crippen LogP contribution in [0.2, 0.25) is 0 Å². The van der Waals surface area contributed by atoms with Crippen LogP contribution in [-0.2, 0) is 11.3 Å². The van der Waals surface area contributed by atoms with Gasteiger partial charge in [0.2, 0.25) is 5.91 Å². The fraction of sp³-hybridized carbons (Fsp3) is 0.625. The monoisotopic (exact) mass is 198 g/mol. The van der Waals surface area contributed by atoms with E-state index in [9.17, 15) is 4.79 Å². The molecule has 1 amide bonds. The third-order valence-electron chi connectivity index (χ3n) is 1.63. The topological polar surface area (TPSA) is 80.0 Å². The van der Waals surface area contributed by atoms with Gasteiger partial charge in [-0.25, -0.2) is 0 Å². The second-order valence-corrected chi connectivity index (χ2v) is 3.07. The molecule has 0 saturated carbocycles. The molecule has 0 radical (unpaired) electrons. The lowest BCUT2D eigenvalue weighted by Gasteiger charge is -2.06. The fourth-order valence-corrected chi connectivity index (χ4v) is 0.918. The number of aryl methyl sites for hydroxylation is 1. The van der Waals surface area contributed by atoms with Gasteiger partial charge in [0.1, 0.15) is 0 Å². The number of hydrogen-bond donors (Lipinski definition) is 2. The average Bonchev–Trinajstić information content (AvgIpc) is 2.63. The summed E-state index contributed by atoms with van der Waals surface area (Å²) in [6.45, 7) is 2.42. The van der Waals surface area contributed by atoms with Crippen LogP contribution >= 0.6 is 0 Å². The molecule has 0 aliphatic heterocycles. The van der Waals surface area contributed by atoms with Crippen molar-refractivity contribution >= 4 is 5.91 Å². The molecule has 0 fully saturated rings. The third kappa shape index (κ3) is 3.99. The van der Waals surface area contributed by atoms with Crippen LogP contribution in [0.25, 0.3) is 0 Å². The van der Waals surface area contributed by atoms with E-state index in [2.05, 4.69) is 15.6 Å². The molecule has 0 aromatic carbocycles. The molecule has 1 aromatic heterocycles. The van der Waals surface area contributed by atoms with Crippen molar-refractivity contribution < 1.29 is 9.90 Å². The summed E-state index contributed by atoms with van der Waals surface area (Å²) in [4.78, 5) is 11.2. The Morgan fingerprint density at radius 3 is 3.07 bits per heavy atom. The van der Waals surface area contributed by atoms with Crippen LogP contribution in [0.5, 0.6) is 0 Å². The minimum atomic E-state index is -0.509. The lowest BCUT2D eigenvalue weighted by Crippen LogP contribution is -2.31. The molecule has 0 aliphatic rings. The van der Waals surface area contributed by atoms with E-state index in [-0.39, 0.29) is 12.5 Å². The van der Waals surface area contributed by atoms with Gasteiger partial charge in [0, 0.05) is 19.2 Å². The summed E-state index contributed by atoms with van der Waals surface area (Å²) >= 11 is 0. The predicted molar refractivity (Wildman–Crippen MR) is 49.3 cm³/mol. The second kappa shape index (κ2) is 5.33. The van der Waals surface area contributed by atoms with Crippen molar-refractivity contribution in [2.75, 3.05) is 6.54 Å². The van der Waals surface area contributed by atoms with Crippen molar-refractivity contribution in [2.24, 2.45) is 0 Å². The highest BCUT2D eigenvalue weighted by Gasteiger charge is 2.03. The summed E-state index contributed by atoms with van der Waals surface area (Å²) in [6.07, 6.45) is 3.09. The predicted octanol–water partition coefficient (Wildman–Crippen LogP) is -0.835. The minimum Gasteiger partial charge on any atom is -0.392 e. The molecule has 0 bridgehead atoms. The number of amides is 1. The average molecular weight is 198 g/mol. The van der Waals surface area contributed by atoms with E-state index in [0.29, 0.717) is 13.0 Å². The summed E-state index contributed by atoms with van der Waals surface area (Å²) in [5.41, 5.74) is 0.